The van der Waals surface area contributed by atoms with E-state index in [-0.39, 0.29) is 0 Å². The molecule has 0 spiro atoms. The average molecular weight is 435 g/mol. The predicted octanol–water partition coefficient (Wildman–Crippen LogP) is 10.1. The van der Waals surface area contributed by atoms with E-state index in [1.165, 1.54) is 65.0 Å². The average Bonchev–Trinajstić information content (AvgIpc) is 2.92. The first-order chi connectivity index (χ1) is 16.9. The van der Waals surface area contributed by atoms with Crippen LogP contribution >= 0.6 is 0 Å². The molecule has 0 aliphatic heterocycles. The van der Waals surface area contributed by atoms with Crippen molar-refractivity contribution in [2.24, 2.45) is 0 Å². The molecule has 0 saturated carbocycles. The van der Waals surface area contributed by atoms with Gasteiger partial charge in [-0.3, -0.25) is 0 Å². The van der Waals surface area contributed by atoms with Crippen LogP contribution in [0.4, 0.5) is 0 Å². The first kappa shape index (κ1) is 20.4. The van der Waals surface area contributed by atoms with Gasteiger partial charge in [-0.25, -0.2) is 0 Å². The Kier molecular flexibility index (Phi) is 5.00. The predicted molar refractivity (Wildman–Crippen MR) is 151 cm³/mol. The quantitative estimate of drug-likeness (QED) is 0.178. The van der Waals surface area contributed by atoms with Crippen LogP contribution in [0, 0.1) is 0 Å². The molecule has 0 aromatic heterocycles. The lowest BCUT2D eigenvalue weighted by Crippen LogP contribution is -1.87. The summed E-state index contributed by atoms with van der Waals surface area (Å²) >= 11 is 0. The molecule has 0 aliphatic rings. The molecule has 0 radical (unpaired) electrons. The van der Waals surface area contributed by atoms with Crippen molar-refractivity contribution in [3.05, 3.63) is 121 Å². The van der Waals surface area contributed by atoms with Gasteiger partial charge < -0.3 is 0 Å². The van der Waals surface area contributed by atoms with E-state index in [0.717, 1.165) is 0 Å². The molecule has 0 bridgehead atoms. The molecule has 0 heteroatoms. The summed E-state index contributed by atoms with van der Waals surface area (Å²) in [4.78, 5) is 0. The molecule has 7 aromatic carbocycles. The first-order valence-electron chi connectivity index (χ1n) is 12.1. The van der Waals surface area contributed by atoms with E-state index in [4.69, 9.17) is 0 Å². The van der Waals surface area contributed by atoms with Crippen molar-refractivity contribution in [1.82, 2.24) is 0 Å². The SMILES string of the molecule is CC.c1cc(-c2cc3ccccc3c3ccccc23)c2cc3ccc4ccccc4c3cc2c1. The molecule has 0 atom stereocenters. The first-order valence-corrected chi connectivity index (χ1v) is 12.1. The Hall–Kier alpha value is -4.16. The summed E-state index contributed by atoms with van der Waals surface area (Å²) in [5, 5.41) is 13.0. The van der Waals surface area contributed by atoms with Gasteiger partial charge >= 0.3 is 0 Å². The minimum atomic E-state index is 1.28. The zero-order valence-electron chi connectivity index (χ0n) is 19.5. The second-order valence-corrected chi connectivity index (χ2v) is 8.58. The Morgan fingerprint density at radius 3 is 1.59 bits per heavy atom. The van der Waals surface area contributed by atoms with Crippen LogP contribution in [-0.2, 0) is 0 Å². The molecule has 34 heavy (non-hydrogen) atoms. The monoisotopic (exact) mass is 434 g/mol. The standard InChI is InChI=1S/C32H20.C2H6/c1-3-11-25-21(8-1)16-17-24-19-31-23(18-30(24)25)10-7-15-29(31)32-20-22-9-2-4-12-26(22)27-13-5-6-14-28(27)32;1-2/h1-20H;1-2H3. The maximum atomic E-state index is 2.37. The maximum Gasteiger partial charge on any atom is -0.00928 e. The Bertz CT molecular complexity index is 1820. The Labute approximate surface area is 200 Å². The van der Waals surface area contributed by atoms with Gasteiger partial charge in [-0.2, -0.15) is 0 Å². The van der Waals surface area contributed by atoms with Crippen LogP contribution in [0.1, 0.15) is 13.8 Å². The lowest BCUT2D eigenvalue weighted by molar-refractivity contribution is 1.50. The number of hydrogen-bond donors (Lipinski definition) is 0. The minimum Gasteiger partial charge on any atom is -0.0683 e. The molecule has 162 valence electrons. The highest BCUT2D eigenvalue weighted by Crippen LogP contribution is 2.39. The molecule has 7 aromatic rings. The Morgan fingerprint density at radius 1 is 0.294 bits per heavy atom. The fourth-order valence-corrected chi connectivity index (χ4v) is 5.29. The molecular weight excluding hydrogens is 408 g/mol. The molecule has 0 fully saturated rings. The topological polar surface area (TPSA) is 0 Å². The van der Waals surface area contributed by atoms with Crippen LogP contribution in [0.2, 0.25) is 0 Å². The molecule has 0 heterocycles. The molecule has 7 rings (SSSR count). The van der Waals surface area contributed by atoms with Gasteiger partial charge in [0.1, 0.15) is 0 Å². The van der Waals surface area contributed by atoms with Crippen molar-refractivity contribution in [3.8, 4) is 11.1 Å². The largest absolute Gasteiger partial charge is 0.0683 e. The minimum absolute atomic E-state index is 1.28. The van der Waals surface area contributed by atoms with Gasteiger partial charge in [0.05, 0.1) is 0 Å². The van der Waals surface area contributed by atoms with Gasteiger partial charge in [0.25, 0.3) is 0 Å². The highest BCUT2D eigenvalue weighted by Gasteiger charge is 2.12. The van der Waals surface area contributed by atoms with E-state index in [1.54, 1.807) is 0 Å². The van der Waals surface area contributed by atoms with Crippen molar-refractivity contribution in [3.63, 3.8) is 0 Å². The van der Waals surface area contributed by atoms with Crippen molar-refractivity contribution in [1.29, 1.82) is 0 Å². The van der Waals surface area contributed by atoms with E-state index in [9.17, 15) is 0 Å². The van der Waals surface area contributed by atoms with Crippen molar-refractivity contribution < 1.29 is 0 Å². The van der Waals surface area contributed by atoms with Gasteiger partial charge in [0, 0.05) is 0 Å². The van der Waals surface area contributed by atoms with Crippen LogP contribution in [0.15, 0.2) is 121 Å². The van der Waals surface area contributed by atoms with E-state index in [0.29, 0.717) is 0 Å². The van der Waals surface area contributed by atoms with Crippen LogP contribution in [0.25, 0.3) is 65.0 Å². The summed E-state index contributed by atoms with van der Waals surface area (Å²) in [5.41, 5.74) is 2.59. The van der Waals surface area contributed by atoms with Crippen LogP contribution < -0.4 is 0 Å². The van der Waals surface area contributed by atoms with Crippen LogP contribution in [0.3, 0.4) is 0 Å². The summed E-state index contributed by atoms with van der Waals surface area (Å²) in [6.07, 6.45) is 0. The highest BCUT2D eigenvalue weighted by molar-refractivity contribution is 6.18. The third-order valence-electron chi connectivity index (χ3n) is 6.80. The molecule has 0 nitrogen and oxygen atoms in total. The molecule has 0 saturated heterocycles. The number of rotatable bonds is 1. The number of hydrogen-bond acceptors (Lipinski definition) is 0. The van der Waals surface area contributed by atoms with Crippen LogP contribution in [-0.4, -0.2) is 0 Å². The molecule has 0 amide bonds. The summed E-state index contributed by atoms with van der Waals surface area (Å²) in [6.45, 7) is 4.00. The van der Waals surface area contributed by atoms with Crippen LogP contribution in [0.5, 0.6) is 0 Å². The highest BCUT2D eigenvalue weighted by atomic mass is 14.2. The van der Waals surface area contributed by atoms with Gasteiger partial charge in [0.15, 0.2) is 0 Å². The maximum absolute atomic E-state index is 2.37. The van der Waals surface area contributed by atoms with E-state index < -0.39 is 0 Å². The van der Waals surface area contributed by atoms with Crippen molar-refractivity contribution in [2.45, 2.75) is 13.8 Å². The summed E-state index contributed by atoms with van der Waals surface area (Å²) in [7, 11) is 0. The van der Waals surface area contributed by atoms with Crippen molar-refractivity contribution >= 4 is 53.9 Å². The van der Waals surface area contributed by atoms with Gasteiger partial charge in [-0.15, -0.1) is 0 Å². The smallest absolute Gasteiger partial charge is 0.00928 e. The molecule has 0 unspecified atom stereocenters. The lowest BCUT2D eigenvalue weighted by Gasteiger charge is -2.14. The van der Waals surface area contributed by atoms with Gasteiger partial charge in [-0.05, 0) is 83.2 Å². The zero-order chi connectivity index (χ0) is 23.1. The lowest BCUT2D eigenvalue weighted by atomic mass is 9.89. The third kappa shape index (κ3) is 3.15. The summed E-state index contributed by atoms with van der Waals surface area (Å²) in [6, 6.07) is 44.4. The Morgan fingerprint density at radius 2 is 0.794 bits per heavy atom. The number of fused-ring (bicyclic) bond motifs is 7. The summed E-state index contributed by atoms with van der Waals surface area (Å²) in [5.74, 6) is 0. The molecule has 0 N–H and O–H groups in total. The van der Waals surface area contributed by atoms with Gasteiger partial charge in [-0.1, -0.05) is 117 Å². The van der Waals surface area contributed by atoms with E-state index >= 15 is 0 Å². The second-order valence-electron chi connectivity index (χ2n) is 8.58. The van der Waals surface area contributed by atoms with Crippen molar-refractivity contribution in [2.75, 3.05) is 0 Å². The Balaban J connectivity index is 0.00000106. The molecule has 0 aliphatic carbocycles. The fraction of sp³-hybridized carbons (Fsp3) is 0.0588. The third-order valence-corrected chi connectivity index (χ3v) is 6.80. The normalized spacial score (nSPS) is 11.2. The zero-order valence-corrected chi connectivity index (χ0v) is 19.5. The van der Waals surface area contributed by atoms with Gasteiger partial charge in [0.2, 0.25) is 0 Å². The van der Waals surface area contributed by atoms with E-state index in [1.807, 2.05) is 13.8 Å². The summed E-state index contributed by atoms with van der Waals surface area (Å²) < 4.78 is 0. The number of benzene rings is 7. The second kappa shape index (κ2) is 8.32. The fourth-order valence-electron chi connectivity index (χ4n) is 5.29. The van der Waals surface area contributed by atoms with E-state index in [2.05, 4.69) is 121 Å². The molecular formula is C34H26.